The van der Waals surface area contributed by atoms with Crippen LogP contribution in [0.1, 0.15) is 51.4 Å². The van der Waals surface area contributed by atoms with E-state index in [0.29, 0.717) is 0 Å². The fraction of sp³-hybridized carbons (Fsp3) is 1.00. The SMILES string of the molecule is C1CCNC(CN2CCC(N3CCCCC3)C2)CC1. The van der Waals surface area contributed by atoms with Gasteiger partial charge < -0.3 is 10.2 Å². The van der Waals surface area contributed by atoms with Gasteiger partial charge in [-0.3, -0.25) is 4.90 Å². The fourth-order valence-corrected chi connectivity index (χ4v) is 4.13. The van der Waals surface area contributed by atoms with Crippen LogP contribution in [-0.2, 0) is 0 Å². The molecule has 3 aliphatic rings. The topological polar surface area (TPSA) is 18.5 Å². The van der Waals surface area contributed by atoms with Crippen LogP contribution in [0.2, 0.25) is 0 Å². The molecule has 3 rings (SSSR count). The van der Waals surface area contributed by atoms with Crippen molar-refractivity contribution in [3.05, 3.63) is 0 Å². The highest BCUT2D eigenvalue weighted by atomic mass is 15.3. The van der Waals surface area contributed by atoms with Crippen LogP contribution in [-0.4, -0.2) is 61.2 Å². The standard InChI is InChI=1S/C16H31N3/c1-3-7-15(17-9-4-1)13-18-12-8-16(14-18)19-10-5-2-6-11-19/h15-17H,1-14H2. The molecule has 0 aromatic rings. The first-order chi connectivity index (χ1) is 9.42. The molecular formula is C16H31N3. The van der Waals surface area contributed by atoms with Crippen molar-refractivity contribution in [3.8, 4) is 0 Å². The first-order valence-electron chi connectivity index (χ1n) is 8.61. The maximum absolute atomic E-state index is 3.75. The molecule has 0 spiro atoms. The molecule has 0 amide bonds. The van der Waals surface area contributed by atoms with Gasteiger partial charge in [-0.15, -0.1) is 0 Å². The largest absolute Gasteiger partial charge is 0.313 e. The molecule has 3 aliphatic heterocycles. The van der Waals surface area contributed by atoms with Crippen LogP contribution >= 0.6 is 0 Å². The monoisotopic (exact) mass is 265 g/mol. The van der Waals surface area contributed by atoms with Crippen molar-refractivity contribution in [2.24, 2.45) is 0 Å². The van der Waals surface area contributed by atoms with Crippen molar-refractivity contribution in [1.82, 2.24) is 15.1 Å². The summed E-state index contributed by atoms with van der Waals surface area (Å²) in [5, 5.41) is 3.75. The van der Waals surface area contributed by atoms with Crippen molar-refractivity contribution in [3.63, 3.8) is 0 Å². The van der Waals surface area contributed by atoms with Gasteiger partial charge in [-0.25, -0.2) is 0 Å². The smallest absolute Gasteiger partial charge is 0.0235 e. The second kappa shape index (κ2) is 7.05. The predicted octanol–water partition coefficient (Wildman–Crippen LogP) is 2.08. The third kappa shape index (κ3) is 3.93. The van der Waals surface area contributed by atoms with Gasteiger partial charge >= 0.3 is 0 Å². The number of nitrogens with zero attached hydrogens (tertiary/aromatic N) is 2. The molecule has 0 saturated carbocycles. The van der Waals surface area contributed by atoms with Crippen LogP contribution < -0.4 is 5.32 Å². The number of nitrogens with one attached hydrogen (secondary N) is 1. The van der Waals surface area contributed by atoms with Gasteiger partial charge in [0.05, 0.1) is 0 Å². The highest BCUT2D eigenvalue weighted by Crippen LogP contribution is 2.21. The number of likely N-dealkylation sites (tertiary alicyclic amines) is 2. The van der Waals surface area contributed by atoms with Crippen molar-refractivity contribution in [2.75, 3.05) is 39.3 Å². The molecule has 0 aromatic heterocycles. The van der Waals surface area contributed by atoms with Gasteiger partial charge in [-0.2, -0.15) is 0 Å². The molecule has 2 atom stereocenters. The molecule has 0 bridgehead atoms. The van der Waals surface area contributed by atoms with Crippen molar-refractivity contribution >= 4 is 0 Å². The Hall–Kier alpha value is -0.120. The number of hydrogen-bond acceptors (Lipinski definition) is 3. The molecule has 0 aliphatic carbocycles. The summed E-state index contributed by atoms with van der Waals surface area (Å²) in [5.41, 5.74) is 0. The summed E-state index contributed by atoms with van der Waals surface area (Å²) >= 11 is 0. The first-order valence-corrected chi connectivity index (χ1v) is 8.61. The lowest BCUT2D eigenvalue weighted by Crippen LogP contribution is -2.43. The minimum Gasteiger partial charge on any atom is -0.313 e. The molecule has 1 N–H and O–H groups in total. The highest BCUT2D eigenvalue weighted by molar-refractivity contribution is 4.87. The summed E-state index contributed by atoms with van der Waals surface area (Å²) in [6, 6.07) is 1.63. The zero-order chi connectivity index (χ0) is 12.9. The van der Waals surface area contributed by atoms with Crippen LogP contribution in [0, 0.1) is 0 Å². The molecule has 0 aromatic carbocycles. The third-order valence-electron chi connectivity index (χ3n) is 5.30. The van der Waals surface area contributed by atoms with Gasteiger partial charge in [0.1, 0.15) is 0 Å². The Kier molecular flexibility index (Phi) is 5.14. The average Bonchev–Trinajstić information content (AvgIpc) is 2.76. The van der Waals surface area contributed by atoms with E-state index in [9.17, 15) is 0 Å². The summed E-state index contributed by atoms with van der Waals surface area (Å²) in [5.74, 6) is 0. The lowest BCUT2D eigenvalue weighted by atomic mass is 10.1. The van der Waals surface area contributed by atoms with E-state index in [1.165, 1.54) is 90.6 Å². The number of piperidine rings is 1. The Morgan fingerprint density at radius 3 is 2.58 bits per heavy atom. The van der Waals surface area contributed by atoms with Crippen LogP contribution in [0.25, 0.3) is 0 Å². The van der Waals surface area contributed by atoms with E-state index in [2.05, 4.69) is 15.1 Å². The van der Waals surface area contributed by atoms with Crippen LogP contribution in [0.3, 0.4) is 0 Å². The van der Waals surface area contributed by atoms with Crippen LogP contribution in [0.4, 0.5) is 0 Å². The number of rotatable bonds is 3. The zero-order valence-corrected chi connectivity index (χ0v) is 12.4. The summed E-state index contributed by atoms with van der Waals surface area (Å²) in [7, 11) is 0. The lowest BCUT2D eigenvalue weighted by Gasteiger charge is -2.32. The Morgan fingerprint density at radius 1 is 0.842 bits per heavy atom. The van der Waals surface area contributed by atoms with E-state index >= 15 is 0 Å². The molecule has 2 unspecified atom stereocenters. The van der Waals surface area contributed by atoms with E-state index < -0.39 is 0 Å². The fourth-order valence-electron chi connectivity index (χ4n) is 4.13. The molecule has 3 fully saturated rings. The summed E-state index contributed by atoms with van der Waals surface area (Å²) in [6.07, 6.45) is 11.4. The van der Waals surface area contributed by atoms with Crippen molar-refractivity contribution < 1.29 is 0 Å². The minimum atomic E-state index is 0.766. The second-order valence-corrected chi connectivity index (χ2v) is 6.80. The Balaban J connectivity index is 1.43. The molecule has 0 radical (unpaired) electrons. The molecule has 3 heteroatoms. The summed E-state index contributed by atoms with van der Waals surface area (Å²) in [6.45, 7) is 7.93. The highest BCUT2D eigenvalue weighted by Gasteiger charge is 2.29. The van der Waals surface area contributed by atoms with Gasteiger partial charge in [0.15, 0.2) is 0 Å². The van der Waals surface area contributed by atoms with Gasteiger partial charge in [0, 0.05) is 25.2 Å². The van der Waals surface area contributed by atoms with E-state index in [1.54, 1.807) is 0 Å². The molecule has 3 saturated heterocycles. The predicted molar refractivity (Wildman–Crippen MR) is 80.5 cm³/mol. The minimum absolute atomic E-state index is 0.766. The van der Waals surface area contributed by atoms with Gasteiger partial charge in [-0.1, -0.05) is 19.3 Å². The van der Waals surface area contributed by atoms with Crippen LogP contribution in [0.15, 0.2) is 0 Å². The Bertz CT molecular complexity index is 255. The maximum Gasteiger partial charge on any atom is 0.0235 e. The average molecular weight is 265 g/mol. The quantitative estimate of drug-likeness (QED) is 0.843. The van der Waals surface area contributed by atoms with Crippen molar-refractivity contribution in [2.45, 2.75) is 63.5 Å². The number of hydrogen-bond donors (Lipinski definition) is 1. The van der Waals surface area contributed by atoms with Crippen LogP contribution in [0.5, 0.6) is 0 Å². The normalized spacial score (nSPS) is 35.4. The molecule has 19 heavy (non-hydrogen) atoms. The van der Waals surface area contributed by atoms with E-state index in [0.717, 1.165) is 12.1 Å². The zero-order valence-electron chi connectivity index (χ0n) is 12.4. The molecular weight excluding hydrogens is 234 g/mol. The molecule has 3 nitrogen and oxygen atoms in total. The Labute approximate surface area is 118 Å². The van der Waals surface area contributed by atoms with E-state index in [4.69, 9.17) is 0 Å². The lowest BCUT2D eigenvalue weighted by molar-refractivity contribution is 0.159. The second-order valence-electron chi connectivity index (χ2n) is 6.80. The summed E-state index contributed by atoms with van der Waals surface area (Å²) in [4.78, 5) is 5.49. The van der Waals surface area contributed by atoms with E-state index in [1.807, 2.05) is 0 Å². The van der Waals surface area contributed by atoms with Crippen molar-refractivity contribution in [1.29, 1.82) is 0 Å². The molecule has 110 valence electrons. The van der Waals surface area contributed by atoms with E-state index in [-0.39, 0.29) is 0 Å². The van der Waals surface area contributed by atoms with Gasteiger partial charge in [0.2, 0.25) is 0 Å². The first kappa shape index (κ1) is 13.8. The van der Waals surface area contributed by atoms with Gasteiger partial charge in [0.25, 0.3) is 0 Å². The third-order valence-corrected chi connectivity index (χ3v) is 5.30. The summed E-state index contributed by atoms with van der Waals surface area (Å²) < 4.78 is 0. The molecule has 3 heterocycles. The van der Waals surface area contributed by atoms with Gasteiger partial charge in [-0.05, 0) is 58.3 Å². The maximum atomic E-state index is 3.75. The Morgan fingerprint density at radius 2 is 1.68 bits per heavy atom.